The number of carboxylic acid groups (broad SMARTS) is 1. The number of carboxylic acids is 1. The molecule has 0 aliphatic rings. The van der Waals surface area contributed by atoms with E-state index in [1.807, 2.05) is 0 Å². The summed E-state index contributed by atoms with van der Waals surface area (Å²) in [5, 5.41) is 11.4. The number of hydrogen-bond donors (Lipinski definition) is 2. The number of nitrogens with one attached hydrogen (secondary N) is 1. The number of amides is 1. The Hall–Kier alpha value is -1.49. The van der Waals surface area contributed by atoms with Crippen molar-refractivity contribution < 1.29 is 14.7 Å². The molecule has 0 unspecified atom stereocenters. The van der Waals surface area contributed by atoms with Gasteiger partial charge >= 0.3 is 5.97 Å². The van der Waals surface area contributed by atoms with Crippen LogP contribution in [-0.4, -0.2) is 28.8 Å². The molecule has 0 heterocycles. The average molecular weight is 281 g/mol. The van der Waals surface area contributed by atoms with E-state index in [4.69, 9.17) is 5.11 Å². The minimum absolute atomic E-state index is 0.319. The molecule has 1 aromatic carbocycles. The average Bonchev–Trinajstić information content (AvgIpc) is 2.37. The highest BCUT2D eigenvalue weighted by Crippen LogP contribution is 2.14. The number of aliphatic carboxylic acids is 1. The molecule has 0 saturated heterocycles. The molecular weight excluding hydrogens is 262 g/mol. The van der Waals surface area contributed by atoms with Crippen molar-refractivity contribution in [2.24, 2.45) is 0 Å². The fourth-order valence-electron chi connectivity index (χ4n) is 1.59. The van der Waals surface area contributed by atoms with Crippen molar-refractivity contribution in [2.45, 2.75) is 32.1 Å². The molecule has 0 aromatic heterocycles. The van der Waals surface area contributed by atoms with Crippen molar-refractivity contribution in [3.63, 3.8) is 0 Å². The molecule has 1 aromatic rings. The van der Waals surface area contributed by atoms with Gasteiger partial charge in [-0.25, -0.2) is 4.79 Å². The fraction of sp³-hybridized carbons (Fsp3) is 0.429. The maximum absolute atomic E-state index is 10.9. The molecule has 1 amide bonds. The SMILES string of the molecule is CCc1ccc(CSC[C@H](NC(C)=O)C(=O)O)cc1. The first-order valence-corrected chi connectivity index (χ1v) is 7.34. The van der Waals surface area contributed by atoms with Crippen LogP contribution in [0, 0.1) is 0 Å². The van der Waals surface area contributed by atoms with Gasteiger partial charge < -0.3 is 10.4 Å². The molecule has 0 spiro atoms. The molecule has 0 fully saturated rings. The van der Waals surface area contributed by atoms with E-state index in [0.717, 1.165) is 17.7 Å². The van der Waals surface area contributed by atoms with Gasteiger partial charge in [0.1, 0.15) is 6.04 Å². The fourth-order valence-corrected chi connectivity index (χ4v) is 2.59. The lowest BCUT2D eigenvalue weighted by atomic mass is 10.1. The van der Waals surface area contributed by atoms with Gasteiger partial charge in [0.05, 0.1) is 0 Å². The van der Waals surface area contributed by atoms with Crippen LogP contribution >= 0.6 is 11.8 Å². The topological polar surface area (TPSA) is 66.4 Å². The van der Waals surface area contributed by atoms with Crippen LogP contribution in [0.25, 0.3) is 0 Å². The van der Waals surface area contributed by atoms with E-state index in [0.29, 0.717) is 5.75 Å². The van der Waals surface area contributed by atoms with Crippen molar-refractivity contribution >= 4 is 23.6 Å². The molecule has 19 heavy (non-hydrogen) atoms. The Labute approximate surface area is 117 Å². The van der Waals surface area contributed by atoms with Crippen molar-refractivity contribution in [1.82, 2.24) is 5.32 Å². The second-order valence-corrected chi connectivity index (χ2v) is 5.31. The number of carbonyl (C=O) groups is 2. The molecule has 1 rings (SSSR count). The minimum atomic E-state index is -0.996. The third-order valence-electron chi connectivity index (χ3n) is 2.66. The smallest absolute Gasteiger partial charge is 0.327 e. The zero-order valence-electron chi connectivity index (χ0n) is 11.2. The van der Waals surface area contributed by atoms with E-state index >= 15 is 0 Å². The summed E-state index contributed by atoms with van der Waals surface area (Å²) in [6.45, 7) is 3.43. The largest absolute Gasteiger partial charge is 0.480 e. The number of aryl methyl sites for hydroxylation is 1. The van der Waals surface area contributed by atoms with Gasteiger partial charge in [-0.15, -0.1) is 0 Å². The Morgan fingerprint density at radius 1 is 1.26 bits per heavy atom. The second kappa shape index (κ2) is 7.84. The predicted octanol–water partition coefficient (Wildman–Crippen LogP) is 2.07. The van der Waals surface area contributed by atoms with Crippen LogP contribution in [0.1, 0.15) is 25.0 Å². The summed E-state index contributed by atoms with van der Waals surface area (Å²) in [6, 6.07) is 7.45. The Morgan fingerprint density at radius 3 is 2.32 bits per heavy atom. The Kier molecular flexibility index (Phi) is 6.42. The summed E-state index contributed by atoms with van der Waals surface area (Å²) in [5.41, 5.74) is 2.45. The summed E-state index contributed by atoms with van der Waals surface area (Å²) < 4.78 is 0. The lowest BCUT2D eigenvalue weighted by Gasteiger charge is -2.12. The zero-order valence-corrected chi connectivity index (χ0v) is 12.0. The first kappa shape index (κ1) is 15.6. The summed E-state index contributed by atoms with van der Waals surface area (Å²) >= 11 is 1.50. The third kappa shape index (κ3) is 5.79. The summed E-state index contributed by atoms with van der Waals surface area (Å²) in [4.78, 5) is 21.8. The molecule has 104 valence electrons. The second-order valence-electron chi connectivity index (χ2n) is 4.28. The maximum atomic E-state index is 10.9. The lowest BCUT2D eigenvalue weighted by Crippen LogP contribution is -2.41. The van der Waals surface area contributed by atoms with Gasteiger partial charge in [-0.2, -0.15) is 11.8 Å². The molecule has 0 saturated carbocycles. The van der Waals surface area contributed by atoms with Gasteiger partial charge in [-0.1, -0.05) is 31.2 Å². The van der Waals surface area contributed by atoms with E-state index in [9.17, 15) is 9.59 Å². The molecule has 0 aliphatic heterocycles. The summed E-state index contributed by atoms with van der Waals surface area (Å²) in [5.74, 6) is -0.207. The highest BCUT2D eigenvalue weighted by Gasteiger charge is 2.17. The number of rotatable bonds is 7. The zero-order chi connectivity index (χ0) is 14.3. The highest BCUT2D eigenvalue weighted by molar-refractivity contribution is 7.98. The van der Waals surface area contributed by atoms with Crippen LogP contribution < -0.4 is 5.32 Å². The van der Waals surface area contributed by atoms with Gasteiger partial charge in [-0.3, -0.25) is 4.79 Å². The van der Waals surface area contributed by atoms with E-state index in [-0.39, 0.29) is 5.91 Å². The van der Waals surface area contributed by atoms with E-state index < -0.39 is 12.0 Å². The van der Waals surface area contributed by atoms with E-state index in [1.165, 1.54) is 24.2 Å². The summed E-state index contributed by atoms with van der Waals surface area (Å²) in [7, 11) is 0. The molecule has 2 N–H and O–H groups in total. The maximum Gasteiger partial charge on any atom is 0.327 e. The molecule has 0 radical (unpaired) electrons. The number of benzene rings is 1. The molecule has 0 aliphatic carbocycles. The highest BCUT2D eigenvalue weighted by atomic mass is 32.2. The van der Waals surface area contributed by atoms with Crippen LogP contribution in [0.4, 0.5) is 0 Å². The first-order chi connectivity index (χ1) is 9.02. The molecule has 0 bridgehead atoms. The number of hydrogen-bond acceptors (Lipinski definition) is 3. The molecular formula is C14H19NO3S. The minimum Gasteiger partial charge on any atom is -0.480 e. The van der Waals surface area contributed by atoms with Gasteiger partial charge in [0.2, 0.25) is 5.91 Å². The molecule has 1 atom stereocenters. The van der Waals surface area contributed by atoms with Crippen molar-refractivity contribution in [2.75, 3.05) is 5.75 Å². The Morgan fingerprint density at radius 2 is 1.84 bits per heavy atom. The monoisotopic (exact) mass is 281 g/mol. The van der Waals surface area contributed by atoms with E-state index in [2.05, 4.69) is 36.5 Å². The van der Waals surface area contributed by atoms with Crippen molar-refractivity contribution in [3.8, 4) is 0 Å². The van der Waals surface area contributed by atoms with Gasteiger partial charge in [0, 0.05) is 18.4 Å². The molecule has 4 nitrogen and oxygen atoms in total. The normalized spacial score (nSPS) is 11.9. The van der Waals surface area contributed by atoms with Gasteiger partial charge in [0.15, 0.2) is 0 Å². The first-order valence-electron chi connectivity index (χ1n) is 6.18. The van der Waals surface area contributed by atoms with Crippen LogP contribution in [-0.2, 0) is 21.8 Å². The van der Waals surface area contributed by atoms with Crippen LogP contribution in [0.3, 0.4) is 0 Å². The van der Waals surface area contributed by atoms with Crippen molar-refractivity contribution in [3.05, 3.63) is 35.4 Å². The lowest BCUT2D eigenvalue weighted by molar-refractivity contribution is -0.140. The van der Waals surface area contributed by atoms with Crippen molar-refractivity contribution in [1.29, 1.82) is 0 Å². The predicted molar refractivity (Wildman–Crippen MR) is 77.2 cm³/mol. The van der Waals surface area contributed by atoms with Crippen LogP contribution in [0.2, 0.25) is 0 Å². The standard InChI is InChI=1S/C14H19NO3S/c1-3-11-4-6-12(7-5-11)8-19-9-13(14(17)18)15-10(2)16/h4-7,13H,3,8-9H2,1-2H3,(H,15,16)(H,17,18)/t13-/m0/s1. The quantitative estimate of drug-likeness (QED) is 0.803. The van der Waals surface area contributed by atoms with E-state index in [1.54, 1.807) is 0 Å². The Bertz CT molecular complexity index is 431. The number of thioether (sulfide) groups is 1. The van der Waals surface area contributed by atoms with Crippen LogP contribution in [0.5, 0.6) is 0 Å². The Balaban J connectivity index is 2.42. The summed E-state index contributed by atoms with van der Waals surface area (Å²) in [6.07, 6.45) is 1.01. The van der Waals surface area contributed by atoms with Gasteiger partial charge in [-0.05, 0) is 17.5 Å². The van der Waals surface area contributed by atoms with Gasteiger partial charge in [0.25, 0.3) is 0 Å². The number of carbonyl (C=O) groups excluding carboxylic acids is 1. The third-order valence-corrected chi connectivity index (χ3v) is 3.77. The molecule has 5 heteroatoms. The van der Waals surface area contributed by atoms with Crippen LogP contribution in [0.15, 0.2) is 24.3 Å².